The molecule has 0 bridgehead atoms. The van der Waals surface area contributed by atoms with Crippen LogP contribution in [-0.4, -0.2) is 19.9 Å². The molecular formula is C9H10BrClN2O2S. The van der Waals surface area contributed by atoms with E-state index in [4.69, 9.17) is 11.6 Å². The van der Waals surface area contributed by atoms with Crippen LogP contribution in [0.4, 0.5) is 0 Å². The van der Waals surface area contributed by atoms with Gasteiger partial charge in [-0.2, -0.15) is 0 Å². The number of rotatable bonds is 5. The molecule has 1 aromatic rings. The zero-order chi connectivity index (χ0) is 12.2. The Hall–Kier alpha value is -0.430. The second-order valence-corrected chi connectivity index (χ2v) is 5.93. The van der Waals surface area contributed by atoms with E-state index in [2.05, 4.69) is 32.2 Å². The molecule has 0 aliphatic heterocycles. The van der Waals surface area contributed by atoms with Gasteiger partial charge in [-0.15, -0.1) is 6.58 Å². The summed E-state index contributed by atoms with van der Waals surface area (Å²) >= 11 is 8.86. The summed E-state index contributed by atoms with van der Waals surface area (Å²) in [5.41, 5.74) is 0. The van der Waals surface area contributed by atoms with Crippen molar-refractivity contribution in [3.05, 3.63) is 34.5 Å². The molecule has 0 aromatic carbocycles. The van der Waals surface area contributed by atoms with E-state index in [1.165, 1.54) is 12.3 Å². The van der Waals surface area contributed by atoms with Crippen LogP contribution in [0.1, 0.15) is 6.42 Å². The summed E-state index contributed by atoms with van der Waals surface area (Å²) in [6, 6.07) is 1.41. The number of sulfonamides is 1. The fourth-order valence-electron chi connectivity index (χ4n) is 0.966. The highest BCUT2D eigenvalue weighted by molar-refractivity contribution is 9.10. The molecule has 1 rings (SSSR count). The highest BCUT2D eigenvalue weighted by Gasteiger charge is 2.18. The fraction of sp³-hybridized carbons (Fsp3) is 0.222. The molecule has 88 valence electrons. The zero-order valence-corrected chi connectivity index (χ0v) is 11.4. The quantitative estimate of drug-likeness (QED) is 0.513. The molecule has 0 amide bonds. The van der Waals surface area contributed by atoms with Crippen molar-refractivity contribution in [2.45, 2.75) is 11.3 Å². The molecule has 0 unspecified atom stereocenters. The van der Waals surface area contributed by atoms with E-state index < -0.39 is 10.0 Å². The Labute approximate surface area is 108 Å². The van der Waals surface area contributed by atoms with Crippen LogP contribution in [0, 0.1) is 0 Å². The van der Waals surface area contributed by atoms with Crippen LogP contribution < -0.4 is 4.72 Å². The number of pyridine rings is 1. The van der Waals surface area contributed by atoms with E-state index in [9.17, 15) is 8.42 Å². The highest BCUT2D eigenvalue weighted by Crippen LogP contribution is 2.22. The molecule has 1 N–H and O–H groups in total. The lowest BCUT2D eigenvalue weighted by molar-refractivity contribution is 0.581. The second kappa shape index (κ2) is 5.77. The van der Waals surface area contributed by atoms with Crippen LogP contribution in [-0.2, 0) is 10.0 Å². The molecule has 7 heteroatoms. The second-order valence-electron chi connectivity index (χ2n) is 2.92. The maximum Gasteiger partial charge on any atom is 0.243 e. The Morgan fingerprint density at radius 3 is 2.94 bits per heavy atom. The van der Waals surface area contributed by atoms with Crippen LogP contribution in [0.5, 0.6) is 0 Å². The van der Waals surface area contributed by atoms with Crippen LogP contribution in [0.15, 0.2) is 34.3 Å². The van der Waals surface area contributed by atoms with Crippen molar-refractivity contribution in [2.75, 3.05) is 6.54 Å². The van der Waals surface area contributed by atoms with Gasteiger partial charge in [0, 0.05) is 17.2 Å². The van der Waals surface area contributed by atoms with E-state index in [-0.39, 0.29) is 16.6 Å². The number of aromatic nitrogens is 1. The molecule has 0 radical (unpaired) electrons. The average molecular weight is 326 g/mol. The summed E-state index contributed by atoms with van der Waals surface area (Å²) in [5, 5.41) is -0.0469. The molecule has 0 atom stereocenters. The number of nitrogens with one attached hydrogen (secondary N) is 1. The Bertz CT molecular complexity index is 490. The van der Waals surface area contributed by atoms with Crippen molar-refractivity contribution in [3.63, 3.8) is 0 Å². The Morgan fingerprint density at radius 1 is 1.62 bits per heavy atom. The summed E-state index contributed by atoms with van der Waals surface area (Å²) in [5.74, 6) is 0. The third-order valence-electron chi connectivity index (χ3n) is 1.70. The molecule has 0 fully saturated rings. The van der Waals surface area contributed by atoms with Gasteiger partial charge in [-0.25, -0.2) is 18.1 Å². The first kappa shape index (κ1) is 13.6. The number of hydrogen-bond acceptors (Lipinski definition) is 3. The molecule has 0 saturated heterocycles. The standard InChI is InChI=1S/C9H10BrClN2O2S/c1-2-3-4-13-16(14,15)8-5-7(10)6-12-9(8)11/h2,5-6,13H,1,3-4H2. The minimum Gasteiger partial charge on any atom is -0.242 e. The average Bonchev–Trinajstić information content (AvgIpc) is 2.22. The Morgan fingerprint density at radius 2 is 2.31 bits per heavy atom. The van der Waals surface area contributed by atoms with Gasteiger partial charge in [0.15, 0.2) is 0 Å². The van der Waals surface area contributed by atoms with Gasteiger partial charge in [0.2, 0.25) is 10.0 Å². The zero-order valence-electron chi connectivity index (χ0n) is 8.28. The summed E-state index contributed by atoms with van der Waals surface area (Å²) in [7, 11) is -3.61. The third-order valence-corrected chi connectivity index (χ3v) is 4.02. The lowest BCUT2D eigenvalue weighted by Gasteiger charge is -2.06. The van der Waals surface area contributed by atoms with Gasteiger partial charge in [0.25, 0.3) is 0 Å². The molecule has 0 aliphatic rings. The molecule has 4 nitrogen and oxygen atoms in total. The maximum atomic E-state index is 11.8. The lowest BCUT2D eigenvalue weighted by Crippen LogP contribution is -2.25. The molecule has 1 aromatic heterocycles. The van der Waals surface area contributed by atoms with Crippen molar-refractivity contribution in [1.29, 1.82) is 0 Å². The van der Waals surface area contributed by atoms with Gasteiger partial charge in [0.05, 0.1) is 0 Å². The monoisotopic (exact) mass is 324 g/mol. The van der Waals surface area contributed by atoms with E-state index in [1.807, 2.05) is 0 Å². The SMILES string of the molecule is C=CCCNS(=O)(=O)c1cc(Br)cnc1Cl. The number of halogens is 2. The van der Waals surface area contributed by atoms with Crippen LogP contribution >= 0.6 is 27.5 Å². The van der Waals surface area contributed by atoms with Gasteiger partial charge in [-0.1, -0.05) is 17.7 Å². The fourth-order valence-corrected chi connectivity index (χ4v) is 2.96. The Balaban J connectivity index is 2.97. The first-order valence-corrected chi connectivity index (χ1v) is 7.04. The van der Waals surface area contributed by atoms with Crippen molar-refractivity contribution < 1.29 is 8.42 Å². The molecule has 1 heterocycles. The summed E-state index contributed by atoms with van der Waals surface area (Å²) in [6.07, 6.45) is 3.62. The smallest absolute Gasteiger partial charge is 0.242 e. The largest absolute Gasteiger partial charge is 0.243 e. The topological polar surface area (TPSA) is 59.1 Å². The molecule has 0 saturated carbocycles. The van der Waals surface area contributed by atoms with Crippen molar-refractivity contribution in [3.8, 4) is 0 Å². The molecule has 16 heavy (non-hydrogen) atoms. The summed E-state index contributed by atoms with van der Waals surface area (Å²) < 4.78 is 26.5. The summed E-state index contributed by atoms with van der Waals surface area (Å²) in [4.78, 5) is 3.72. The first-order valence-electron chi connectivity index (χ1n) is 4.39. The van der Waals surface area contributed by atoms with Crippen LogP contribution in [0.2, 0.25) is 5.15 Å². The van der Waals surface area contributed by atoms with E-state index in [0.29, 0.717) is 10.9 Å². The van der Waals surface area contributed by atoms with Crippen molar-refractivity contribution in [1.82, 2.24) is 9.71 Å². The van der Waals surface area contributed by atoms with E-state index in [1.54, 1.807) is 6.08 Å². The minimum atomic E-state index is -3.61. The predicted molar refractivity (Wildman–Crippen MR) is 66.9 cm³/mol. The van der Waals surface area contributed by atoms with Crippen molar-refractivity contribution in [2.24, 2.45) is 0 Å². The third kappa shape index (κ3) is 3.55. The molecule has 0 spiro atoms. The molecular weight excluding hydrogens is 316 g/mol. The first-order chi connectivity index (χ1) is 7.47. The van der Waals surface area contributed by atoms with Crippen molar-refractivity contribution >= 4 is 37.6 Å². The van der Waals surface area contributed by atoms with E-state index >= 15 is 0 Å². The van der Waals surface area contributed by atoms with E-state index in [0.717, 1.165) is 0 Å². The van der Waals surface area contributed by atoms with Crippen LogP contribution in [0.25, 0.3) is 0 Å². The minimum absolute atomic E-state index is 0.0346. The van der Waals surface area contributed by atoms with Crippen LogP contribution in [0.3, 0.4) is 0 Å². The predicted octanol–water partition coefficient (Wildman–Crippen LogP) is 2.35. The van der Waals surface area contributed by atoms with Gasteiger partial charge in [0.1, 0.15) is 10.0 Å². The van der Waals surface area contributed by atoms with Gasteiger partial charge >= 0.3 is 0 Å². The number of nitrogens with zero attached hydrogens (tertiary/aromatic N) is 1. The highest BCUT2D eigenvalue weighted by atomic mass is 79.9. The van der Waals surface area contributed by atoms with Gasteiger partial charge in [-0.05, 0) is 28.4 Å². The Kier molecular flexibility index (Phi) is 4.91. The van der Waals surface area contributed by atoms with Gasteiger partial charge < -0.3 is 0 Å². The summed E-state index contributed by atoms with van der Waals surface area (Å²) in [6.45, 7) is 3.79. The normalized spacial score (nSPS) is 11.4. The number of hydrogen-bond donors (Lipinski definition) is 1. The molecule has 0 aliphatic carbocycles. The van der Waals surface area contributed by atoms with Gasteiger partial charge in [-0.3, -0.25) is 0 Å². The maximum absolute atomic E-state index is 11.8. The lowest BCUT2D eigenvalue weighted by atomic mass is 10.4.